The van der Waals surface area contributed by atoms with Gasteiger partial charge in [0.05, 0.1) is 0 Å². The van der Waals surface area contributed by atoms with Crippen molar-refractivity contribution >= 4 is 34.2 Å². The predicted octanol–water partition coefficient (Wildman–Crippen LogP) is 4.25. The first-order valence-corrected chi connectivity index (χ1v) is 7.41. The van der Waals surface area contributed by atoms with Crippen LogP contribution in [0.3, 0.4) is 0 Å². The molecular weight excluding hydrogens is 349 g/mol. The lowest BCUT2D eigenvalue weighted by Gasteiger charge is -2.05. The van der Waals surface area contributed by atoms with E-state index in [1.54, 1.807) is 0 Å². The Hall–Kier alpha value is -1.36. The molecule has 2 aromatic rings. The number of nitrogens with one attached hydrogen (secondary N) is 1. The fraction of sp³-hybridized carbons (Fsp3) is 0.188. The average molecular weight is 365 g/mol. The summed E-state index contributed by atoms with van der Waals surface area (Å²) >= 11 is 2.25. The maximum atomic E-state index is 11.8. The first-order chi connectivity index (χ1) is 9.24. The largest absolute Gasteiger partial charge is 0.326 e. The van der Waals surface area contributed by atoms with E-state index in [2.05, 4.69) is 40.0 Å². The van der Waals surface area contributed by atoms with Gasteiger partial charge in [-0.2, -0.15) is 0 Å². The summed E-state index contributed by atoms with van der Waals surface area (Å²) in [6, 6.07) is 18.1. The summed E-state index contributed by atoms with van der Waals surface area (Å²) in [7, 11) is 0. The van der Waals surface area contributed by atoms with Crippen LogP contribution in [0, 0.1) is 3.57 Å². The Morgan fingerprint density at radius 2 is 1.68 bits per heavy atom. The predicted molar refractivity (Wildman–Crippen MR) is 87.2 cm³/mol. The Balaban J connectivity index is 1.74. The Labute approximate surface area is 127 Å². The van der Waals surface area contributed by atoms with E-state index in [1.165, 1.54) is 9.13 Å². The molecule has 0 saturated carbocycles. The summed E-state index contributed by atoms with van der Waals surface area (Å²) in [5.41, 5.74) is 2.15. The number of benzene rings is 2. The average Bonchev–Trinajstić information content (AvgIpc) is 2.43. The van der Waals surface area contributed by atoms with Crippen LogP contribution in [0.15, 0.2) is 54.6 Å². The van der Waals surface area contributed by atoms with Crippen LogP contribution in [0.4, 0.5) is 5.69 Å². The van der Waals surface area contributed by atoms with Crippen molar-refractivity contribution in [2.24, 2.45) is 0 Å². The Kier molecular flexibility index (Phi) is 5.39. The molecule has 1 N–H and O–H groups in total. The van der Waals surface area contributed by atoms with E-state index in [-0.39, 0.29) is 5.91 Å². The number of carbonyl (C=O) groups is 1. The summed E-state index contributed by atoms with van der Waals surface area (Å²) in [4.78, 5) is 11.8. The second-order valence-corrected chi connectivity index (χ2v) is 5.64. The standard InChI is InChI=1S/C16H16INO/c17-14-9-11-15(12-10-14)18-16(19)8-4-7-13-5-2-1-3-6-13/h1-3,5-6,9-12H,4,7-8H2,(H,18,19). The molecule has 3 heteroatoms. The molecule has 0 fully saturated rings. The SMILES string of the molecule is O=C(CCCc1ccccc1)Nc1ccc(I)cc1. The number of rotatable bonds is 5. The lowest BCUT2D eigenvalue weighted by molar-refractivity contribution is -0.116. The fourth-order valence-corrected chi connectivity index (χ4v) is 2.21. The molecule has 2 aromatic carbocycles. The quantitative estimate of drug-likeness (QED) is 0.789. The van der Waals surface area contributed by atoms with Crippen molar-refractivity contribution in [2.75, 3.05) is 5.32 Å². The molecule has 0 aliphatic rings. The van der Waals surface area contributed by atoms with Crippen molar-refractivity contribution in [1.82, 2.24) is 0 Å². The third-order valence-electron chi connectivity index (χ3n) is 2.84. The van der Waals surface area contributed by atoms with Crippen LogP contribution < -0.4 is 5.32 Å². The van der Waals surface area contributed by atoms with Gasteiger partial charge in [-0.1, -0.05) is 30.3 Å². The first-order valence-electron chi connectivity index (χ1n) is 6.33. The van der Waals surface area contributed by atoms with Crippen LogP contribution in [-0.2, 0) is 11.2 Å². The molecule has 0 aliphatic heterocycles. The minimum absolute atomic E-state index is 0.0807. The van der Waals surface area contributed by atoms with Crippen molar-refractivity contribution in [3.63, 3.8) is 0 Å². The topological polar surface area (TPSA) is 29.1 Å². The van der Waals surface area contributed by atoms with Crippen LogP contribution >= 0.6 is 22.6 Å². The van der Waals surface area contributed by atoms with Crippen molar-refractivity contribution in [2.45, 2.75) is 19.3 Å². The molecule has 0 aromatic heterocycles. The zero-order chi connectivity index (χ0) is 13.5. The van der Waals surface area contributed by atoms with Crippen molar-refractivity contribution in [1.29, 1.82) is 0 Å². The lowest BCUT2D eigenvalue weighted by Crippen LogP contribution is -2.11. The minimum Gasteiger partial charge on any atom is -0.326 e. The van der Waals surface area contributed by atoms with Crippen molar-refractivity contribution in [3.8, 4) is 0 Å². The number of anilines is 1. The zero-order valence-electron chi connectivity index (χ0n) is 10.6. The highest BCUT2D eigenvalue weighted by Gasteiger charge is 2.02. The van der Waals surface area contributed by atoms with Crippen LogP contribution in [0.5, 0.6) is 0 Å². The molecular formula is C16H16INO. The van der Waals surface area contributed by atoms with Crippen LogP contribution in [-0.4, -0.2) is 5.91 Å². The van der Waals surface area contributed by atoms with Gasteiger partial charge in [-0.15, -0.1) is 0 Å². The highest BCUT2D eigenvalue weighted by atomic mass is 127. The fourth-order valence-electron chi connectivity index (χ4n) is 1.85. The van der Waals surface area contributed by atoms with E-state index in [9.17, 15) is 4.79 Å². The third kappa shape index (κ3) is 5.03. The number of halogens is 1. The Bertz CT molecular complexity index is 522. The van der Waals surface area contributed by atoms with E-state index >= 15 is 0 Å². The molecule has 0 aliphatic carbocycles. The van der Waals surface area contributed by atoms with Gasteiger partial charge in [-0.3, -0.25) is 4.79 Å². The Morgan fingerprint density at radius 3 is 2.37 bits per heavy atom. The van der Waals surface area contributed by atoms with Gasteiger partial charge in [0, 0.05) is 15.7 Å². The van der Waals surface area contributed by atoms with E-state index in [0.717, 1.165) is 18.5 Å². The molecule has 0 radical (unpaired) electrons. The maximum Gasteiger partial charge on any atom is 0.224 e. The highest BCUT2D eigenvalue weighted by molar-refractivity contribution is 14.1. The molecule has 0 spiro atoms. The van der Waals surface area contributed by atoms with Gasteiger partial charge in [0.2, 0.25) is 5.91 Å². The molecule has 19 heavy (non-hydrogen) atoms. The minimum atomic E-state index is 0.0807. The zero-order valence-corrected chi connectivity index (χ0v) is 12.8. The van der Waals surface area contributed by atoms with Crippen molar-refractivity contribution < 1.29 is 4.79 Å². The van der Waals surface area contributed by atoms with Gasteiger partial charge in [-0.05, 0) is 65.3 Å². The molecule has 1 amide bonds. The molecule has 0 heterocycles. The highest BCUT2D eigenvalue weighted by Crippen LogP contribution is 2.12. The van der Waals surface area contributed by atoms with Crippen LogP contribution in [0.1, 0.15) is 18.4 Å². The second kappa shape index (κ2) is 7.28. The Morgan fingerprint density at radius 1 is 1.00 bits per heavy atom. The second-order valence-electron chi connectivity index (χ2n) is 4.39. The summed E-state index contributed by atoms with van der Waals surface area (Å²) < 4.78 is 1.17. The van der Waals surface area contributed by atoms with E-state index < -0.39 is 0 Å². The molecule has 0 bridgehead atoms. The number of hydrogen-bond donors (Lipinski definition) is 1. The van der Waals surface area contributed by atoms with Gasteiger partial charge in [0.15, 0.2) is 0 Å². The number of amides is 1. The normalized spacial score (nSPS) is 10.2. The molecule has 0 saturated heterocycles. The van der Waals surface area contributed by atoms with E-state index in [0.29, 0.717) is 6.42 Å². The van der Waals surface area contributed by atoms with Gasteiger partial charge >= 0.3 is 0 Å². The van der Waals surface area contributed by atoms with Crippen molar-refractivity contribution in [3.05, 3.63) is 63.7 Å². The van der Waals surface area contributed by atoms with Gasteiger partial charge in [0.25, 0.3) is 0 Å². The molecule has 2 rings (SSSR count). The summed E-state index contributed by atoms with van der Waals surface area (Å²) in [6.07, 6.45) is 2.38. The molecule has 2 nitrogen and oxygen atoms in total. The molecule has 0 unspecified atom stereocenters. The van der Waals surface area contributed by atoms with E-state index in [4.69, 9.17) is 0 Å². The van der Waals surface area contributed by atoms with E-state index in [1.807, 2.05) is 42.5 Å². The summed E-state index contributed by atoms with van der Waals surface area (Å²) in [5.74, 6) is 0.0807. The van der Waals surface area contributed by atoms with Gasteiger partial charge in [0.1, 0.15) is 0 Å². The molecule has 98 valence electrons. The van der Waals surface area contributed by atoms with Crippen LogP contribution in [0.25, 0.3) is 0 Å². The number of carbonyl (C=O) groups excluding carboxylic acids is 1. The number of hydrogen-bond acceptors (Lipinski definition) is 1. The monoisotopic (exact) mass is 365 g/mol. The third-order valence-corrected chi connectivity index (χ3v) is 3.56. The first kappa shape index (κ1) is 14.1. The maximum absolute atomic E-state index is 11.8. The number of aryl methyl sites for hydroxylation is 1. The lowest BCUT2D eigenvalue weighted by atomic mass is 10.1. The summed E-state index contributed by atoms with van der Waals surface area (Å²) in [5, 5.41) is 2.91. The smallest absolute Gasteiger partial charge is 0.224 e. The summed E-state index contributed by atoms with van der Waals surface area (Å²) in [6.45, 7) is 0. The van der Waals surface area contributed by atoms with Gasteiger partial charge in [-0.25, -0.2) is 0 Å². The van der Waals surface area contributed by atoms with Gasteiger partial charge < -0.3 is 5.32 Å². The molecule has 0 atom stereocenters. The van der Waals surface area contributed by atoms with Crippen LogP contribution in [0.2, 0.25) is 0 Å².